The fourth-order valence-corrected chi connectivity index (χ4v) is 4.52. The summed E-state index contributed by atoms with van der Waals surface area (Å²) in [5.74, 6) is 1.50. The Bertz CT molecular complexity index is 1390. The number of rotatable bonds is 8. The van der Waals surface area contributed by atoms with Gasteiger partial charge in [-0.2, -0.15) is 0 Å². The Morgan fingerprint density at radius 2 is 1.67 bits per heavy atom. The zero-order valence-electron chi connectivity index (χ0n) is 20.4. The Morgan fingerprint density at radius 1 is 0.917 bits per heavy atom. The maximum Gasteiger partial charge on any atom is 0.254 e. The molecule has 0 bridgehead atoms. The van der Waals surface area contributed by atoms with Crippen LogP contribution in [0.25, 0.3) is 10.8 Å². The van der Waals surface area contributed by atoms with E-state index >= 15 is 0 Å². The molecule has 0 unspecified atom stereocenters. The van der Waals surface area contributed by atoms with Gasteiger partial charge in [-0.05, 0) is 64.4 Å². The lowest BCUT2D eigenvalue weighted by Crippen LogP contribution is -2.37. The molecule has 0 aliphatic carbocycles. The Hall–Kier alpha value is -4.32. The first-order valence-electron chi connectivity index (χ1n) is 11.9. The predicted octanol–water partition coefficient (Wildman–Crippen LogP) is 5.69. The minimum atomic E-state index is -0.244. The summed E-state index contributed by atoms with van der Waals surface area (Å²) < 4.78 is 10.7. The van der Waals surface area contributed by atoms with Crippen molar-refractivity contribution in [1.82, 2.24) is 4.90 Å². The van der Waals surface area contributed by atoms with E-state index in [4.69, 9.17) is 14.3 Å². The van der Waals surface area contributed by atoms with Gasteiger partial charge in [0.25, 0.3) is 5.91 Å². The number of fused-ring (bicyclic) bond motifs is 1. The number of hydrogen-bond acceptors (Lipinski definition) is 5. The Kier molecular flexibility index (Phi) is 6.85. The maximum atomic E-state index is 13.9. The van der Waals surface area contributed by atoms with Crippen molar-refractivity contribution in [2.24, 2.45) is 5.16 Å². The molecule has 0 fully saturated rings. The highest BCUT2D eigenvalue weighted by Crippen LogP contribution is 2.25. The van der Waals surface area contributed by atoms with E-state index in [0.29, 0.717) is 25.1 Å². The van der Waals surface area contributed by atoms with Gasteiger partial charge in [0.2, 0.25) is 0 Å². The molecule has 6 heteroatoms. The van der Waals surface area contributed by atoms with Gasteiger partial charge in [-0.1, -0.05) is 53.7 Å². The number of nitrogens with zero attached hydrogens (tertiary/aromatic N) is 2. The first kappa shape index (κ1) is 23.4. The summed E-state index contributed by atoms with van der Waals surface area (Å²) >= 11 is 0. The zero-order chi connectivity index (χ0) is 24.9. The molecule has 1 heterocycles. The molecule has 4 aromatic rings. The van der Waals surface area contributed by atoms with E-state index in [1.165, 1.54) is 0 Å². The Morgan fingerprint density at radius 3 is 2.47 bits per heavy atom. The smallest absolute Gasteiger partial charge is 0.254 e. The van der Waals surface area contributed by atoms with Crippen molar-refractivity contribution in [2.45, 2.75) is 19.1 Å². The fraction of sp³-hybridized carbons (Fsp3) is 0.200. The van der Waals surface area contributed by atoms with Crippen molar-refractivity contribution in [3.63, 3.8) is 0 Å². The number of hydrogen-bond donors (Lipinski definition) is 0. The van der Waals surface area contributed by atoms with Gasteiger partial charge in [0.1, 0.15) is 11.5 Å². The van der Waals surface area contributed by atoms with Crippen LogP contribution in [-0.4, -0.2) is 43.4 Å². The van der Waals surface area contributed by atoms with Gasteiger partial charge in [0, 0.05) is 18.5 Å². The van der Waals surface area contributed by atoms with Gasteiger partial charge < -0.3 is 19.2 Å². The van der Waals surface area contributed by atoms with Gasteiger partial charge >= 0.3 is 0 Å². The molecule has 5 rings (SSSR count). The number of carbonyl (C=O) groups is 1. The summed E-state index contributed by atoms with van der Waals surface area (Å²) in [6, 6.07) is 29.3. The minimum Gasteiger partial charge on any atom is -0.497 e. The third kappa shape index (κ3) is 5.03. The summed E-state index contributed by atoms with van der Waals surface area (Å²) in [5, 5.41) is 6.30. The van der Waals surface area contributed by atoms with Crippen LogP contribution >= 0.6 is 0 Å². The van der Waals surface area contributed by atoms with E-state index in [1.54, 1.807) is 14.2 Å². The number of amides is 1. The average molecular weight is 481 g/mol. The number of carbonyl (C=O) groups excluding carboxylic acids is 1. The second kappa shape index (κ2) is 10.5. The van der Waals surface area contributed by atoms with E-state index in [1.807, 2.05) is 95.9 Å². The van der Waals surface area contributed by atoms with Crippen LogP contribution in [0, 0.1) is 0 Å². The van der Waals surface area contributed by atoms with E-state index in [-0.39, 0.29) is 12.0 Å². The highest BCUT2D eigenvalue weighted by Gasteiger charge is 2.28. The van der Waals surface area contributed by atoms with E-state index in [9.17, 15) is 4.79 Å². The van der Waals surface area contributed by atoms with Gasteiger partial charge in [-0.25, -0.2) is 0 Å². The number of ether oxygens (including phenoxy) is 2. The molecule has 182 valence electrons. The van der Waals surface area contributed by atoms with Gasteiger partial charge in [0.05, 0.1) is 26.5 Å². The summed E-state index contributed by atoms with van der Waals surface area (Å²) in [7, 11) is 3.29. The molecule has 1 aliphatic rings. The minimum absolute atomic E-state index is 0.0453. The summed E-state index contributed by atoms with van der Waals surface area (Å²) in [4.78, 5) is 21.6. The zero-order valence-corrected chi connectivity index (χ0v) is 20.4. The van der Waals surface area contributed by atoms with Crippen molar-refractivity contribution in [3.8, 4) is 11.5 Å². The van der Waals surface area contributed by atoms with Crippen LogP contribution in [0.3, 0.4) is 0 Å². The molecule has 0 spiro atoms. The number of oxime groups is 1. The predicted molar refractivity (Wildman–Crippen MR) is 141 cm³/mol. The van der Waals surface area contributed by atoms with E-state index < -0.39 is 0 Å². The molecule has 0 radical (unpaired) electrons. The van der Waals surface area contributed by atoms with Crippen molar-refractivity contribution >= 4 is 22.4 Å². The van der Waals surface area contributed by atoms with Crippen LogP contribution in [0.5, 0.6) is 11.5 Å². The molecule has 6 nitrogen and oxygen atoms in total. The third-order valence-corrected chi connectivity index (χ3v) is 6.40. The number of methoxy groups -OCH3 is 2. The molecule has 1 aliphatic heterocycles. The Balaban J connectivity index is 1.39. The van der Waals surface area contributed by atoms with E-state index in [2.05, 4.69) is 5.16 Å². The Labute approximate surface area is 210 Å². The first-order chi connectivity index (χ1) is 17.6. The van der Waals surface area contributed by atoms with E-state index in [0.717, 1.165) is 39.1 Å². The van der Waals surface area contributed by atoms with Crippen LogP contribution in [0.15, 0.2) is 96.2 Å². The average Bonchev–Trinajstić information content (AvgIpc) is 3.40. The van der Waals surface area contributed by atoms with Crippen molar-refractivity contribution in [2.75, 3.05) is 20.8 Å². The van der Waals surface area contributed by atoms with Crippen LogP contribution in [0.4, 0.5) is 0 Å². The van der Waals surface area contributed by atoms with Crippen LogP contribution in [0.2, 0.25) is 0 Å². The first-order valence-corrected chi connectivity index (χ1v) is 11.9. The topological polar surface area (TPSA) is 60.4 Å². The van der Waals surface area contributed by atoms with Gasteiger partial charge in [-0.3, -0.25) is 4.79 Å². The second-order valence-corrected chi connectivity index (χ2v) is 8.76. The van der Waals surface area contributed by atoms with Crippen LogP contribution in [-0.2, 0) is 11.4 Å². The molecular formula is C30H28N2O4. The van der Waals surface area contributed by atoms with Gasteiger partial charge in [-0.15, -0.1) is 0 Å². The fourth-order valence-electron chi connectivity index (χ4n) is 4.52. The second-order valence-electron chi connectivity index (χ2n) is 8.76. The summed E-state index contributed by atoms with van der Waals surface area (Å²) in [6.07, 6.45) is 0.371. The molecule has 1 amide bonds. The molecule has 0 N–H and O–H groups in total. The molecule has 36 heavy (non-hydrogen) atoms. The van der Waals surface area contributed by atoms with Crippen molar-refractivity contribution < 1.29 is 19.1 Å². The molecule has 1 atom stereocenters. The monoisotopic (exact) mass is 480 g/mol. The SMILES string of the molecule is COc1ccc(C2=NO[C@H](CN(Cc3cccc(OC)c3)C(=O)c3cccc4ccccc34)C2)cc1. The molecule has 0 aromatic heterocycles. The largest absolute Gasteiger partial charge is 0.497 e. The quantitative estimate of drug-likeness (QED) is 0.325. The lowest BCUT2D eigenvalue weighted by molar-refractivity contribution is 0.0406. The van der Waals surface area contributed by atoms with Crippen LogP contribution in [0.1, 0.15) is 27.9 Å². The van der Waals surface area contributed by atoms with Gasteiger partial charge in [0.15, 0.2) is 6.10 Å². The third-order valence-electron chi connectivity index (χ3n) is 6.40. The lowest BCUT2D eigenvalue weighted by Gasteiger charge is -2.26. The highest BCUT2D eigenvalue weighted by atomic mass is 16.6. The van der Waals surface area contributed by atoms with Crippen LogP contribution < -0.4 is 9.47 Å². The molecule has 0 saturated heterocycles. The lowest BCUT2D eigenvalue weighted by atomic mass is 10.0. The summed E-state index contributed by atoms with van der Waals surface area (Å²) in [6.45, 7) is 0.833. The molecular weight excluding hydrogens is 452 g/mol. The normalized spacial score (nSPS) is 14.7. The maximum absolute atomic E-state index is 13.9. The molecule has 0 saturated carbocycles. The number of benzene rings is 4. The molecule has 4 aromatic carbocycles. The highest BCUT2D eigenvalue weighted by molar-refractivity contribution is 6.07. The van der Waals surface area contributed by atoms with Crippen molar-refractivity contribution in [1.29, 1.82) is 0 Å². The van der Waals surface area contributed by atoms with Crippen molar-refractivity contribution in [3.05, 3.63) is 108 Å². The standard InChI is InChI=1S/C30H28N2O4/c1-34-24-15-13-23(14-16-24)29-18-26(36-31-29)20-32(19-21-7-5-10-25(17-21)35-2)30(33)28-12-6-9-22-8-3-4-11-27(22)28/h3-17,26H,18-20H2,1-2H3/t26-/m0/s1. The summed E-state index contributed by atoms with van der Waals surface area (Å²) in [5.41, 5.74) is 3.50.